The number of nitrogens with one attached hydrogen (secondary N) is 1. The smallest absolute Gasteiger partial charge is 0.326 e. The molecule has 21 heavy (non-hydrogen) atoms. The molecule has 0 bridgehead atoms. The third-order valence-corrected chi connectivity index (χ3v) is 2.91. The molecule has 0 saturated heterocycles. The monoisotopic (exact) mass is 301 g/mol. The minimum absolute atomic E-state index is 0.0549. The zero-order chi connectivity index (χ0) is 16.6. The van der Waals surface area contributed by atoms with E-state index in [1.54, 1.807) is 14.1 Å². The maximum atomic E-state index is 12.2. The Kier molecular flexibility index (Phi) is 8.42. The number of carbonyl (C=O) groups is 3. The van der Waals surface area contributed by atoms with Crippen LogP contribution in [0.2, 0.25) is 0 Å². The van der Waals surface area contributed by atoms with Crippen LogP contribution >= 0.6 is 0 Å². The molecular formula is C14H27N3O4. The van der Waals surface area contributed by atoms with E-state index in [4.69, 9.17) is 5.11 Å². The van der Waals surface area contributed by atoms with E-state index in [1.807, 2.05) is 20.8 Å². The van der Waals surface area contributed by atoms with Gasteiger partial charge in [0.1, 0.15) is 12.6 Å². The summed E-state index contributed by atoms with van der Waals surface area (Å²) >= 11 is 0. The van der Waals surface area contributed by atoms with E-state index in [1.165, 1.54) is 9.80 Å². The zero-order valence-electron chi connectivity index (χ0n) is 13.5. The number of carbonyl (C=O) groups excluding carboxylic acids is 2. The summed E-state index contributed by atoms with van der Waals surface area (Å²) in [6.07, 6.45) is 1.04. The first-order chi connectivity index (χ1) is 9.68. The van der Waals surface area contributed by atoms with Gasteiger partial charge in [0.25, 0.3) is 0 Å². The van der Waals surface area contributed by atoms with Crippen molar-refractivity contribution in [1.29, 1.82) is 0 Å². The van der Waals surface area contributed by atoms with Crippen LogP contribution in [0.5, 0.6) is 0 Å². The van der Waals surface area contributed by atoms with Crippen molar-refractivity contribution in [3.63, 3.8) is 0 Å². The van der Waals surface area contributed by atoms with Crippen molar-refractivity contribution in [2.24, 2.45) is 5.92 Å². The molecule has 0 aromatic carbocycles. The van der Waals surface area contributed by atoms with E-state index in [0.717, 1.165) is 0 Å². The first-order valence-electron chi connectivity index (χ1n) is 7.17. The van der Waals surface area contributed by atoms with E-state index in [2.05, 4.69) is 5.32 Å². The Morgan fingerprint density at radius 2 is 1.76 bits per heavy atom. The molecule has 122 valence electrons. The molecule has 1 atom stereocenters. The largest absolute Gasteiger partial charge is 0.480 e. The number of hydrogen-bond donors (Lipinski definition) is 2. The second-order valence-electron chi connectivity index (χ2n) is 5.68. The molecule has 0 heterocycles. The fraction of sp³-hybridized carbons (Fsp3) is 0.786. The van der Waals surface area contributed by atoms with Gasteiger partial charge in [0, 0.05) is 20.6 Å². The number of rotatable bonds is 8. The fourth-order valence-corrected chi connectivity index (χ4v) is 1.76. The maximum Gasteiger partial charge on any atom is 0.326 e. The van der Waals surface area contributed by atoms with Crippen LogP contribution in [-0.2, 0) is 9.59 Å². The standard InChI is InChI=1S/C14H27N3O4/c1-6-7-17(9-12(18)16(4)5)14(21)15-11(13(19)20)8-10(2)3/h10-11H,6-9H2,1-5H3,(H,15,21)(H,19,20)/t11-/m0/s1. The minimum atomic E-state index is -1.06. The highest BCUT2D eigenvalue weighted by Gasteiger charge is 2.25. The van der Waals surface area contributed by atoms with Crippen molar-refractivity contribution in [3.05, 3.63) is 0 Å². The number of amides is 3. The van der Waals surface area contributed by atoms with Crippen molar-refractivity contribution < 1.29 is 19.5 Å². The highest BCUT2D eigenvalue weighted by molar-refractivity contribution is 5.86. The van der Waals surface area contributed by atoms with Gasteiger partial charge in [-0.3, -0.25) is 4.79 Å². The molecular weight excluding hydrogens is 274 g/mol. The first-order valence-corrected chi connectivity index (χ1v) is 7.17. The van der Waals surface area contributed by atoms with Gasteiger partial charge in [-0.05, 0) is 18.8 Å². The lowest BCUT2D eigenvalue weighted by Gasteiger charge is -2.26. The summed E-state index contributed by atoms with van der Waals surface area (Å²) in [7, 11) is 3.23. The number of carboxylic acids is 1. The molecule has 0 aromatic heterocycles. The van der Waals surface area contributed by atoms with Crippen LogP contribution in [0.1, 0.15) is 33.6 Å². The third kappa shape index (κ3) is 7.53. The van der Waals surface area contributed by atoms with Crippen LogP contribution in [0, 0.1) is 5.92 Å². The van der Waals surface area contributed by atoms with Crippen LogP contribution in [0.3, 0.4) is 0 Å². The lowest BCUT2D eigenvalue weighted by Crippen LogP contribution is -2.51. The molecule has 0 aliphatic rings. The van der Waals surface area contributed by atoms with Gasteiger partial charge in [0.05, 0.1) is 0 Å². The molecule has 0 spiro atoms. The summed E-state index contributed by atoms with van der Waals surface area (Å²) < 4.78 is 0. The van der Waals surface area contributed by atoms with E-state index in [9.17, 15) is 14.4 Å². The summed E-state index contributed by atoms with van der Waals surface area (Å²) in [5.41, 5.74) is 0. The summed E-state index contributed by atoms with van der Waals surface area (Å²) in [6.45, 7) is 6.02. The van der Waals surface area contributed by atoms with Gasteiger partial charge in [0.15, 0.2) is 0 Å². The van der Waals surface area contributed by atoms with Gasteiger partial charge in [0.2, 0.25) is 5.91 Å². The van der Waals surface area contributed by atoms with Gasteiger partial charge >= 0.3 is 12.0 Å². The third-order valence-electron chi connectivity index (χ3n) is 2.91. The maximum absolute atomic E-state index is 12.2. The predicted octanol–water partition coefficient (Wildman–Crippen LogP) is 0.996. The van der Waals surface area contributed by atoms with Crippen LogP contribution in [0.15, 0.2) is 0 Å². The van der Waals surface area contributed by atoms with Crippen molar-refractivity contribution in [2.75, 3.05) is 27.2 Å². The van der Waals surface area contributed by atoms with Gasteiger partial charge in [-0.2, -0.15) is 0 Å². The lowest BCUT2D eigenvalue weighted by atomic mass is 10.0. The van der Waals surface area contributed by atoms with Crippen molar-refractivity contribution >= 4 is 17.9 Å². The normalized spacial score (nSPS) is 11.9. The summed E-state index contributed by atoms with van der Waals surface area (Å²) in [5, 5.41) is 11.6. The Balaban J connectivity index is 4.78. The van der Waals surface area contributed by atoms with Gasteiger partial charge in [-0.25, -0.2) is 9.59 Å². The minimum Gasteiger partial charge on any atom is -0.480 e. The van der Waals surface area contributed by atoms with Crippen molar-refractivity contribution in [1.82, 2.24) is 15.1 Å². The quantitative estimate of drug-likeness (QED) is 0.699. The molecule has 0 saturated carbocycles. The molecule has 0 unspecified atom stereocenters. The molecule has 3 amide bonds. The molecule has 7 nitrogen and oxygen atoms in total. The molecule has 0 radical (unpaired) electrons. The summed E-state index contributed by atoms with van der Waals surface area (Å²) in [4.78, 5) is 37.8. The first kappa shape index (κ1) is 19.2. The van der Waals surface area contributed by atoms with Crippen molar-refractivity contribution in [2.45, 2.75) is 39.7 Å². The number of carboxylic acid groups (broad SMARTS) is 1. The van der Waals surface area contributed by atoms with Crippen LogP contribution < -0.4 is 5.32 Å². The summed E-state index contributed by atoms with van der Waals surface area (Å²) in [5.74, 6) is -1.11. The molecule has 2 N–H and O–H groups in total. The molecule has 0 aromatic rings. The fourth-order valence-electron chi connectivity index (χ4n) is 1.76. The SMILES string of the molecule is CCCN(CC(=O)N(C)C)C(=O)N[C@@H](CC(C)C)C(=O)O. The number of likely N-dealkylation sites (N-methyl/N-ethyl adjacent to an activating group) is 1. The van der Waals surface area contributed by atoms with Gasteiger partial charge < -0.3 is 20.2 Å². The lowest BCUT2D eigenvalue weighted by molar-refractivity contribution is -0.139. The Hall–Kier alpha value is -1.79. The molecule has 0 rings (SSSR count). The van der Waals surface area contributed by atoms with E-state index in [0.29, 0.717) is 19.4 Å². The van der Waals surface area contributed by atoms with Crippen LogP contribution in [0.25, 0.3) is 0 Å². The number of nitrogens with zero attached hydrogens (tertiary/aromatic N) is 2. The number of urea groups is 1. The molecule has 7 heteroatoms. The Labute approximate surface area is 126 Å². The predicted molar refractivity (Wildman–Crippen MR) is 80.0 cm³/mol. The molecule has 0 aliphatic carbocycles. The van der Waals surface area contributed by atoms with E-state index >= 15 is 0 Å². The van der Waals surface area contributed by atoms with Gasteiger partial charge in [-0.15, -0.1) is 0 Å². The van der Waals surface area contributed by atoms with Crippen molar-refractivity contribution in [3.8, 4) is 0 Å². The van der Waals surface area contributed by atoms with E-state index < -0.39 is 18.0 Å². The highest BCUT2D eigenvalue weighted by atomic mass is 16.4. The second kappa shape index (κ2) is 9.20. The van der Waals surface area contributed by atoms with Crippen LogP contribution in [-0.4, -0.2) is 66.0 Å². The zero-order valence-corrected chi connectivity index (χ0v) is 13.5. The average molecular weight is 301 g/mol. The molecule has 0 fully saturated rings. The Bertz CT molecular complexity index is 369. The van der Waals surface area contributed by atoms with E-state index in [-0.39, 0.29) is 18.4 Å². The Morgan fingerprint density at radius 3 is 2.14 bits per heavy atom. The average Bonchev–Trinajstić information content (AvgIpc) is 2.36. The molecule has 0 aliphatic heterocycles. The Morgan fingerprint density at radius 1 is 1.19 bits per heavy atom. The topological polar surface area (TPSA) is 90.0 Å². The number of hydrogen-bond acceptors (Lipinski definition) is 3. The summed E-state index contributed by atoms with van der Waals surface area (Å²) in [6, 6.07) is -1.45. The van der Waals surface area contributed by atoms with Crippen LogP contribution in [0.4, 0.5) is 4.79 Å². The highest BCUT2D eigenvalue weighted by Crippen LogP contribution is 2.06. The second-order valence-corrected chi connectivity index (χ2v) is 5.68. The van der Waals surface area contributed by atoms with Gasteiger partial charge in [-0.1, -0.05) is 20.8 Å². The number of aliphatic carboxylic acids is 1.